The fourth-order valence-corrected chi connectivity index (χ4v) is 3.06. The van der Waals surface area contributed by atoms with Crippen LogP contribution in [0.5, 0.6) is 11.5 Å². The second-order valence-electron chi connectivity index (χ2n) is 4.88. The first-order chi connectivity index (χ1) is 11.3. The van der Waals surface area contributed by atoms with Crippen LogP contribution in [-0.4, -0.2) is 52.2 Å². The number of benzene rings is 1. The average molecular weight is 353 g/mol. The molecule has 1 aromatic rings. The lowest BCUT2D eigenvalue weighted by Crippen LogP contribution is -2.38. The van der Waals surface area contributed by atoms with E-state index in [9.17, 15) is 13.2 Å². The van der Waals surface area contributed by atoms with Crippen molar-refractivity contribution in [1.82, 2.24) is 9.62 Å². The third-order valence-corrected chi connectivity index (χ3v) is 4.74. The minimum absolute atomic E-state index is 0.00312. The second-order valence-corrected chi connectivity index (χ2v) is 6.51. The first-order valence-electron chi connectivity index (χ1n) is 7.15. The zero-order valence-corrected chi connectivity index (χ0v) is 14.7. The van der Waals surface area contributed by atoms with Gasteiger partial charge in [-0.15, -0.1) is 4.40 Å². The van der Waals surface area contributed by atoms with Gasteiger partial charge in [-0.25, -0.2) is 4.31 Å². The first kappa shape index (κ1) is 17.8. The number of nitrogens with one attached hydrogen (secondary N) is 1. The van der Waals surface area contributed by atoms with Crippen LogP contribution >= 0.6 is 0 Å². The van der Waals surface area contributed by atoms with Gasteiger partial charge in [0.25, 0.3) is 5.91 Å². The monoisotopic (exact) mass is 353 g/mol. The molecule has 1 heterocycles. The largest absolute Gasteiger partial charge is 0.493 e. The quantitative estimate of drug-likeness (QED) is 0.840. The van der Waals surface area contributed by atoms with Crippen molar-refractivity contribution in [3.63, 3.8) is 0 Å². The van der Waals surface area contributed by atoms with Gasteiger partial charge in [-0.1, -0.05) is 0 Å². The van der Waals surface area contributed by atoms with Crippen LogP contribution < -0.4 is 14.8 Å². The summed E-state index contributed by atoms with van der Waals surface area (Å²) in [5.41, 5.74) is 0.637. The molecule has 0 bridgehead atoms. The summed E-state index contributed by atoms with van der Waals surface area (Å²) in [7, 11) is 0.276. The van der Waals surface area contributed by atoms with E-state index in [4.69, 9.17) is 9.47 Å². The zero-order valence-electron chi connectivity index (χ0n) is 13.9. The Balaban J connectivity index is 2.54. The summed E-state index contributed by atoms with van der Waals surface area (Å²) in [6, 6.07) is 4.89. The summed E-state index contributed by atoms with van der Waals surface area (Å²) in [6.07, 6.45) is 1.42. The molecule has 130 valence electrons. The summed E-state index contributed by atoms with van der Waals surface area (Å²) in [5.74, 6) is 0.448. The van der Waals surface area contributed by atoms with Crippen LogP contribution in [0.2, 0.25) is 0 Å². The van der Waals surface area contributed by atoms with Gasteiger partial charge in [-0.05, 0) is 31.2 Å². The molecule has 0 spiro atoms. The van der Waals surface area contributed by atoms with Crippen LogP contribution in [0.4, 0.5) is 0 Å². The summed E-state index contributed by atoms with van der Waals surface area (Å²) in [5, 5.41) is 2.58. The highest BCUT2D eigenvalue weighted by molar-refractivity contribution is 7.88. The van der Waals surface area contributed by atoms with Gasteiger partial charge < -0.3 is 14.8 Å². The van der Waals surface area contributed by atoms with Gasteiger partial charge in [0, 0.05) is 19.2 Å². The zero-order chi connectivity index (χ0) is 17.9. The fourth-order valence-electron chi connectivity index (χ4n) is 2.15. The number of methoxy groups -OCH3 is 2. The van der Waals surface area contributed by atoms with E-state index in [1.54, 1.807) is 25.1 Å². The normalized spacial score (nSPS) is 16.1. The standard InChI is InChI=1S/C15H19N3O5S/c1-5-16-15(19)12-9-11(17-24(20,21)18(12)2)10-6-7-13(22-3)14(8-10)23-4/h6-9H,5H2,1-4H3,(H,16,19). The molecule has 1 aliphatic heterocycles. The minimum atomic E-state index is -3.99. The maximum absolute atomic E-state index is 12.2. The molecule has 2 rings (SSSR count). The van der Waals surface area contributed by atoms with Crippen molar-refractivity contribution in [3.8, 4) is 11.5 Å². The smallest absolute Gasteiger partial charge is 0.345 e. The third kappa shape index (κ3) is 3.35. The summed E-state index contributed by atoms with van der Waals surface area (Å²) >= 11 is 0. The number of carbonyl (C=O) groups is 1. The second kappa shape index (κ2) is 6.91. The van der Waals surface area contributed by atoms with Gasteiger partial charge in [-0.2, -0.15) is 8.42 Å². The summed E-state index contributed by atoms with van der Waals surface area (Å²) in [6.45, 7) is 2.13. The average Bonchev–Trinajstić information content (AvgIpc) is 2.56. The van der Waals surface area contributed by atoms with E-state index in [0.717, 1.165) is 4.31 Å². The maximum atomic E-state index is 12.2. The van der Waals surface area contributed by atoms with E-state index in [1.165, 1.54) is 27.3 Å². The number of hydrogen-bond acceptors (Lipinski definition) is 5. The molecule has 0 saturated heterocycles. The number of likely N-dealkylation sites (N-methyl/N-ethyl adjacent to an activating group) is 2. The molecule has 1 amide bonds. The molecule has 24 heavy (non-hydrogen) atoms. The molecular formula is C15H19N3O5S. The van der Waals surface area contributed by atoms with Crippen LogP contribution in [0.1, 0.15) is 12.5 Å². The number of rotatable bonds is 5. The number of hydrogen-bond donors (Lipinski definition) is 1. The number of ether oxygens (including phenoxy) is 2. The van der Waals surface area contributed by atoms with E-state index in [-0.39, 0.29) is 11.4 Å². The third-order valence-electron chi connectivity index (χ3n) is 3.42. The van der Waals surface area contributed by atoms with Crippen molar-refractivity contribution in [3.05, 3.63) is 35.5 Å². The van der Waals surface area contributed by atoms with Crippen molar-refractivity contribution in [2.24, 2.45) is 4.40 Å². The molecule has 0 aromatic heterocycles. The van der Waals surface area contributed by atoms with Gasteiger partial charge in [0.05, 0.1) is 19.9 Å². The molecule has 0 unspecified atom stereocenters. The molecule has 9 heteroatoms. The Morgan fingerprint density at radius 3 is 2.50 bits per heavy atom. The Bertz CT molecular complexity index is 814. The Kier molecular flexibility index (Phi) is 5.13. The van der Waals surface area contributed by atoms with Crippen molar-refractivity contribution < 1.29 is 22.7 Å². The highest BCUT2D eigenvalue weighted by Gasteiger charge is 2.29. The van der Waals surface area contributed by atoms with Crippen molar-refractivity contribution in [2.45, 2.75) is 6.92 Å². The van der Waals surface area contributed by atoms with E-state index < -0.39 is 16.1 Å². The molecule has 0 atom stereocenters. The van der Waals surface area contributed by atoms with Crippen molar-refractivity contribution >= 4 is 21.8 Å². The predicted octanol–water partition coefficient (Wildman–Crippen LogP) is 0.703. The molecule has 0 aliphatic carbocycles. The number of carbonyl (C=O) groups excluding carboxylic acids is 1. The van der Waals surface area contributed by atoms with Crippen LogP contribution in [0, 0.1) is 0 Å². The van der Waals surface area contributed by atoms with Crippen molar-refractivity contribution in [2.75, 3.05) is 27.8 Å². The maximum Gasteiger partial charge on any atom is 0.345 e. The number of amides is 1. The molecular weight excluding hydrogens is 334 g/mol. The van der Waals surface area contributed by atoms with Crippen LogP contribution in [0.15, 0.2) is 34.4 Å². The topological polar surface area (TPSA) is 97.3 Å². The van der Waals surface area contributed by atoms with Crippen LogP contribution in [-0.2, 0) is 15.0 Å². The first-order valence-corrected chi connectivity index (χ1v) is 8.54. The van der Waals surface area contributed by atoms with E-state index >= 15 is 0 Å². The van der Waals surface area contributed by atoms with E-state index in [2.05, 4.69) is 9.71 Å². The fraction of sp³-hybridized carbons (Fsp3) is 0.333. The molecule has 1 N–H and O–H groups in total. The van der Waals surface area contributed by atoms with Crippen LogP contribution in [0.3, 0.4) is 0 Å². The highest BCUT2D eigenvalue weighted by atomic mass is 32.2. The van der Waals surface area contributed by atoms with Gasteiger partial charge >= 0.3 is 10.2 Å². The van der Waals surface area contributed by atoms with E-state index in [0.29, 0.717) is 23.6 Å². The number of nitrogens with zero attached hydrogens (tertiary/aromatic N) is 2. The van der Waals surface area contributed by atoms with Gasteiger partial charge in [0.1, 0.15) is 5.70 Å². The lowest BCUT2D eigenvalue weighted by molar-refractivity contribution is -0.118. The summed E-state index contributed by atoms with van der Waals surface area (Å²) < 4.78 is 39.4. The van der Waals surface area contributed by atoms with Crippen molar-refractivity contribution in [1.29, 1.82) is 0 Å². The summed E-state index contributed by atoms with van der Waals surface area (Å²) in [4.78, 5) is 12.1. The van der Waals surface area contributed by atoms with Gasteiger partial charge in [-0.3, -0.25) is 4.79 Å². The Morgan fingerprint density at radius 2 is 1.92 bits per heavy atom. The molecule has 1 aromatic carbocycles. The Labute approximate surface area is 141 Å². The highest BCUT2D eigenvalue weighted by Crippen LogP contribution is 2.29. The molecule has 8 nitrogen and oxygen atoms in total. The van der Waals surface area contributed by atoms with Gasteiger partial charge in [0.2, 0.25) is 0 Å². The lowest BCUT2D eigenvalue weighted by Gasteiger charge is -2.23. The van der Waals surface area contributed by atoms with Gasteiger partial charge in [0.15, 0.2) is 11.5 Å². The number of allylic oxidation sites excluding steroid dienone is 1. The minimum Gasteiger partial charge on any atom is -0.493 e. The Morgan fingerprint density at radius 1 is 1.25 bits per heavy atom. The SMILES string of the molecule is CCNC(=O)C1=CC(c2ccc(OC)c(OC)c2)=NS(=O)(=O)N1C. The van der Waals surface area contributed by atoms with E-state index in [1.807, 2.05) is 0 Å². The lowest BCUT2D eigenvalue weighted by atomic mass is 10.1. The predicted molar refractivity (Wildman–Crippen MR) is 89.5 cm³/mol. The Hall–Kier alpha value is -2.55. The molecule has 0 radical (unpaired) electrons. The van der Waals surface area contributed by atoms with Crippen LogP contribution in [0.25, 0.3) is 0 Å². The molecule has 1 aliphatic rings. The molecule has 0 saturated carbocycles. The molecule has 0 fully saturated rings.